The average Bonchev–Trinajstić information content (AvgIpc) is 3.33. The molecule has 1 atom stereocenters. The van der Waals surface area contributed by atoms with Gasteiger partial charge in [0.25, 0.3) is 5.56 Å². The fraction of sp³-hybridized carbons (Fsp3) is 0.600. The minimum absolute atomic E-state index is 0.0294. The molecular formula is C25H34N6O4. The first-order valence-corrected chi connectivity index (χ1v) is 12.6. The number of benzene rings is 1. The van der Waals surface area contributed by atoms with Crippen molar-refractivity contribution in [3.63, 3.8) is 0 Å². The van der Waals surface area contributed by atoms with Gasteiger partial charge >= 0.3 is 0 Å². The second kappa shape index (κ2) is 10.3. The summed E-state index contributed by atoms with van der Waals surface area (Å²) in [4.78, 5) is 18.2. The van der Waals surface area contributed by atoms with Gasteiger partial charge in [-0.05, 0) is 41.3 Å². The minimum atomic E-state index is -0.161. The Hall–Kier alpha value is -2.98. The van der Waals surface area contributed by atoms with E-state index >= 15 is 0 Å². The van der Waals surface area contributed by atoms with Crippen LogP contribution >= 0.6 is 0 Å². The number of rotatable bonds is 8. The Bertz CT molecular complexity index is 1220. The molecule has 1 aromatic carbocycles. The standard InChI is InChI=1S/C25H34N6O4/c1-16(2)23(24-27-28-29-31(24)19-6-4-3-5-7-19)30(8-9-32)15-18-12-17-13-21-22(35-11-10-34-21)14-20(17)26-25(18)33/h12-14,16,19,23,32H,3-11,15H2,1-2H3,(H,26,33)/t23-/m0/s1. The Morgan fingerprint density at radius 1 is 1.14 bits per heavy atom. The van der Waals surface area contributed by atoms with Crippen molar-refractivity contribution in [1.29, 1.82) is 0 Å². The van der Waals surface area contributed by atoms with E-state index in [0.29, 0.717) is 54.9 Å². The summed E-state index contributed by atoms with van der Waals surface area (Å²) in [5.41, 5.74) is 1.16. The predicted molar refractivity (Wildman–Crippen MR) is 131 cm³/mol. The lowest BCUT2D eigenvalue weighted by Crippen LogP contribution is -2.38. The van der Waals surface area contributed by atoms with Gasteiger partial charge < -0.3 is 19.6 Å². The van der Waals surface area contributed by atoms with E-state index < -0.39 is 0 Å². The number of H-pyrrole nitrogens is 1. The lowest BCUT2D eigenvalue weighted by atomic mass is 9.94. The summed E-state index contributed by atoms with van der Waals surface area (Å²) in [6.45, 7) is 5.99. The molecule has 3 aromatic rings. The van der Waals surface area contributed by atoms with Gasteiger partial charge in [0.05, 0.1) is 24.2 Å². The first-order valence-electron chi connectivity index (χ1n) is 12.6. The highest BCUT2D eigenvalue weighted by Gasteiger charge is 2.32. The normalized spacial score (nSPS) is 17.4. The van der Waals surface area contributed by atoms with Gasteiger partial charge in [-0.2, -0.15) is 0 Å². The van der Waals surface area contributed by atoms with Gasteiger partial charge in [0, 0.05) is 30.1 Å². The minimum Gasteiger partial charge on any atom is -0.486 e. The highest BCUT2D eigenvalue weighted by molar-refractivity contribution is 5.83. The van der Waals surface area contributed by atoms with Gasteiger partial charge in [-0.3, -0.25) is 9.69 Å². The topological polar surface area (TPSA) is 118 Å². The number of hydrogen-bond acceptors (Lipinski definition) is 8. The first-order chi connectivity index (χ1) is 17.0. The van der Waals surface area contributed by atoms with Crippen LogP contribution in [0.3, 0.4) is 0 Å². The van der Waals surface area contributed by atoms with E-state index in [9.17, 15) is 9.90 Å². The van der Waals surface area contributed by atoms with Crippen molar-refractivity contribution in [2.45, 2.75) is 64.6 Å². The summed E-state index contributed by atoms with van der Waals surface area (Å²) in [6.07, 6.45) is 5.76. The average molecular weight is 483 g/mol. The van der Waals surface area contributed by atoms with E-state index in [0.717, 1.165) is 24.1 Å². The van der Waals surface area contributed by atoms with Crippen LogP contribution in [0, 0.1) is 5.92 Å². The molecule has 0 saturated heterocycles. The number of nitrogens with zero attached hydrogens (tertiary/aromatic N) is 5. The summed E-state index contributed by atoms with van der Waals surface area (Å²) in [6, 6.07) is 5.77. The first kappa shape index (κ1) is 23.7. The molecule has 2 N–H and O–H groups in total. The number of hydrogen-bond donors (Lipinski definition) is 2. The molecule has 10 nitrogen and oxygen atoms in total. The predicted octanol–water partition coefficient (Wildman–Crippen LogP) is 2.98. The Kier molecular flexibility index (Phi) is 7.01. The van der Waals surface area contributed by atoms with Crippen LogP contribution in [-0.4, -0.2) is 61.6 Å². The highest BCUT2D eigenvalue weighted by Crippen LogP contribution is 2.35. The summed E-state index contributed by atoms with van der Waals surface area (Å²) >= 11 is 0. The molecule has 0 bridgehead atoms. The van der Waals surface area contributed by atoms with Crippen LogP contribution in [0.2, 0.25) is 0 Å². The maximum Gasteiger partial charge on any atom is 0.252 e. The number of aromatic nitrogens is 5. The molecule has 188 valence electrons. The third kappa shape index (κ3) is 4.90. The molecule has 1 aliphatic carbocycles. The zero-order valence-electron chi connectivity index (χ0n) is 20.4. The number of pyridine rings is 1. The molecule has 10 heteroatoms. The van der Waals surface area contributed by atoms with Crippen LogP contribution in [0.1, 0.15) is 69.4 Å². The zero-order valence-corrected chi connectivity index (χ0v) is 20.4. The number of ether oxygens (including phenoxy) is 2. The number of aromatic amines is 1. The van der Waals surface area contributed by atoms with Crippen LogP contribution < -0.4 is 15.0 Å². The Labute approximate surface area is 204 Å². The molecule has 2 aliphatic rings. The third-order valence-corrected chi connectivity index (χ3v) is 7.07. The van der Waals surface area contributed by atoms with E-state index in [-0.39, 0.29) is 24.1 Å². The molecule has 1 fully saturated rings. The van der Waals surface area contributed by atoms with Crippen molar-refractivity contribution >= 4 is 10.9 Å². The lowest BCUT2D eigenvalue weighted by Gasteiger charge is -2.34. The molecule has 1 saturated carbocycles. The largest absolute Gasteiger partial charge is 0.486 e. The van der Waals surface area contributed by atoms with E-state index in [4.69, 9.17) is 9.47 Å². The van der Waals surface area contributed by atoms with Crippen LogP contribution in [0.4, 0.5) is 0 Å². The van der Waals surface area contributed by atoms with Crippen LogP contribution in [-0.2, 0) is 6.54 Å². The quantitative estimate of drug-likeness (QED) is 0.503. The monoisotopic (exact) mass is 482 g/mol. The molecule has 5 rings (SSSR count). The van der Waals surface area contributed by atoms with Gasteiger partial charge in [0.1, 0.15) is 13.2 Å². The number of aliphatic hydroxyl groups is 1. The van der Waals surface area contributed by atoms with Crippen LogP contribution in [0.25, 0.3) is 10.9 Å². The second-order valence-corrected chi connectivity index (χ2v) is 9.86. The zero-order chi connectivity index (χ0) is 24.4. The summed E-state index contributed by atoms with van der Waals surface area (Å²) in [5, 5.41) is 23.6. The molecule has 2 aromatic heterocycles. The maximum atomic E-state index is 13.1. The van der Waals surface area contributed by atoms with E-state index in [1.807, 2.05) is 22.9 Å². The molecule has 1 aliphatic heterocycles. The second-order valence-electron chi connectivity index (χ2n) is 9.86. The fourth-order valence-corrected chi connectivity index (χ4v) is 5.43. The van der Waals surface area contributed by atoms with Crippen LogP contribution in [0.5, 0.6) is 11.5 Å². The number of fused-ring (bicyclic) bond motifs is 2. The van der Waals surface area contributed by atoms with Gasteiger partial charge in [-0.1, -0.05) is 33.1 Å². The van der Waals surface area contributed by atoms with Crippen molar-refractivity contribution in [3.05, 3.63) is 39.9 Å². The fourth-order valence-electron chi connectivity index (χ4n) is 5.43. The Morgan fingerprint density at radius 2 is 1.89 bits per heavy atom. The van der Waals surface area contributed by atoms with E-state index in [1.165, 1.54) is 19.3 Å². The molecule has 0 radical (unpaired) electrons. The van der Waals surface area contributed by atoms with Gasteiger partial charge in [0.15, 0.2) is 17.3 Å². The van der Waals surface area contributed by atoms with E-state index in [2.05, 4.69) is 39.3 Å². The number of aliphatic hydroxyl groups excluding tert-OH is 1. The van der Waals surface area contributed by atoms with Crippen molar-refractivity contribution in [1.82, 2.24) is 30.1 Å². The molecule has 3 heterocycles. The summed E-state index contributed by atoms with van der Waals surface area (Å²) in [7, 11) is 0. The molecule has 0 unspecified atom stereocenters. The summed E-state index contributed by atoms with van der Waals surface area (Å²) < 4.78 is 13.4. The highest BCUT2D eigenvalue weighted by atomic mass is 16.6. The van der Waals surface area contributed by atoms with Crippen molar-refractivity contribution in [2.24, 2.45) is 5.92 Å². The van der Waals surface area contributed by atoms with Crippen molar-refractivity contribution in [2.75, 3.05) is 26.4 Å². The van der Waals surface area contributed by atoms with Crippen LogP contribution in [0.15, 0.2) is 23.0 Å². The maximum absolute atomic E-state index is 13.1. The lowest BCUT2D eigenvalue weighted by molar-refractivity contribution is 0.103. The molecule has 0 spiro atoms. The van der Waals surface area contributed by atoms with E-state index in [1.54, 1.807) is 0 Å². The third-order valence-electron chi connectivity index (χ3n) is 7.07. The summed E-state index contributed by atoms with van der Waals surface area (Å²) in [5.74, 6) is 2.30. The SMILES string of the molecule is CC(C)[C@@H](c1nnnn1C1CCCCC1)N(CCO)Cc1cc2cc3c(cc2[nH]c1=O)OCCO3. The molecular weight excluding hydrogens is 448 g/mol. The Morgan fingerprint density at radius 3 is 2.60 bits per heavy atom. The van der Waals surface area contributed by atoms with Gasteiger partial charge in [-0.15, -0.1) is 5.10 Å². The smallest absolute Gasteiger partial charge is 0.252 e. The Balaban J connectivity index is 1.48. The van der Waals surface area contributed by atoms with Gasteiger partial charge in [0.2, 0.25) is 0 Å². The van der Waals surface area contributed by atoms with Crippen molar-refractivity contribution < 1.29 is 14.6 Å². The van der Waals surface area contributed by atoms with Crippen molar-refractivity contribution in [3.8, 4) is 11.5 Å². The number of nitrogens with one attached hydrogen (secondary N) is 1. The molecule has 0 amide bonds. The van der Waals surface area contributed by atoms with Gasteiger partial charge in [-0.25, -0.2) is 4.68 Å². The number of tetrazole rings is 1. The molecule has 35 heavy (non-hydrogen) atoms.